The van der Waals surface area contributed by atoms with E-state index in [9.17, 15) is 9.59 Å². The second-order valence-electron chi connectivity index (χ2n) is 4.69. The molecule has 0 aliphatic carbocycles. The summed E-state index contributed by atoms with van der Waals surface area (Å²) in [7, 11) is 0. The second-order valence-corrected chi connectivity index (χ2v) is 4.69. The number of hydrogen-bond donors (Lipinski definition) is 1. The van der Waals surface area contributed by atoms with Gasteiger partial charge in [0.2, 0.25) is 17.7 Å². The van der Waals surface area contributed by atoms with Crippen LogP contribution < -0.4 is 5.32 Å². The molecule has 104 valence electrons. The summed E-state index contributed by atoms with van der Waals surface area (Å²) >= 11 is 0. The predicted octanol–water partition coefficient (Wildman–Crippen LogP) is 0.862. The summed E-state index contributed by atoms with van der Waals surface area (Å²) in [6.07, 6.45) is 2.99. The van der Waals surface area contributed by atoms with Gasteiger partial charge in [0, 0.05) is 6.42 Å². The maximum absolute atomic E-state index is 12.2. The molecule has 1 aromatic heterocycles. The molecule has 2 unspecified atom stereocenters. The van der Waals surface area contributed by atoms with Gasteiger partial charge in [0.15, 0.2) is 0 Å². The molecule has 1 fully saturated rings. The number of aromatic nitrogens is 1. The summed E-state index contributed by atoms with van der Waals surface area (Å²) in [6.45, 7) is 5.79. The van der Waals surface area contributed by atoms with E-state index in [2.05, 4.69) is 10.3 Å². The Morgan fingerprint density at radius 2 is 2.16 bits per heavy atom. The monoisotopic (exact) mass is 265 g/mol. The van der Waals surface area contributed by atoms with E-state index in [1.165, 1.54) is 0 Å². The van der Waals surface area contributed by atoms with Gasteiger partial charge < -0.3 is 14.6 Å². The van der Waals surface area contributed by atoms with Crippen LogP contribution in [0, 0.1) is 0 Å². The minimum absolute atomic E-state index is 0.0947. The van der Waals surface area contributed by atoms with Crippen LogP contribution in [0.4, 0.5) is 0 Å². The molecule has 19 heavy (non-hydrogen) atoms. The quantitative estimate of drug-likeness (QED) is 0.876. The Morgan fingerprint density at radius 1 is 1.42 bits per heavy atom. The van der Waals surface area contributed by atoms with Gasteiger partial charge in [-0.25, -0.2) is 4.98 Å². The lowest BCUT2D eigenvalue weighted by Gasteiger charge is -2.36. The van der Waals surface area contributed by atoms with Gasteiger partial charge in [-0.1, -0.05) is 13.8 Å². The zero-order valence-corrected chi connectivity index (χ0v) is 11.5. The van der Waals surface area contributed by atoms with Gasteiger partial charge in [0.05, 0.1) is 12.7 Å². The summed E-state index contributed by atoms with van der Waals surface area (Å²) < 4.78 is 5.51. The average Bonchev–Trinajstić information content (AvgIpc) is 2.83. The van der Waals surface area contributed by atoms with Gasteiger partial charge in [-0.05, 0) is 13.3 Å². The number of piperazine rings is 1. The summed E-state index contributed by atoms with van der Waals surface area (Å²) in [5.41, 5.74) is 0. The first-order chi connectivity index (χ1) is 9.06. The number of amides is 2. The van der Waals surface area contributed by atoms with Crippen molar-refractivity contribution in [2.24, 2.45) is 0 Å². The molecule has 2 rings (SSSR count). The van der Waals surface area contributed by atoms with E-state index < -0.39 is 12.1 Å². The molecule has 2 amide bonds. The molecule has 1 aliphatic heterocycles. The molecule has 6 heteroatoms. The van der Waals surface area contributed by atoms with E-state index in [1.54, 1.807) is 18.0 Å². The fourth-order valence-electron chi connectivity index (χ4n) is 2.24. The highest BCUT2D eigenvalue weighted by molar-refractivity contribution is 5.96. The Bertz CT molecular complexity index is 483. The highest BCUT2D eigenvalue weighted by atomic mass is 16.4. The lowest BCUT2D eigenvalue weighted by molar-refractivity contribution is -0.150. The van der Waals surface area contributed by atoms with Crippen molar-refractivity contribution in [2.45, 2.75) is 52.2 Å². The molecule has 1 saturated heterocycles. The number of nitrogens with one attached hydrogen (secondary N) is 1. The molecule has 2 atom stereocenters. The van der Waals surface area contributed by atoms with E-state index in [0.29, 0.717) is 12.3 Å². The van der Waals surface area contributed by atoms with Gasteiger partial charge >= 0.3 is 0 Å². The van der Waals surface area contributed by atoms with Crippen molar-refractivity contribution in [3.05, 3.63) is 17.8 Å². The Morgan fingerprint density at radius 3 is 2.74 bits per heavy atom. The molecule has 0 radical (unpaired) electrons. The van der Waals surface area contributed by atoms with Crippen molar-refractivity contribution in [2.75, 3.05) is 0 Å². The second kappa shape index (κ2) is 5.42. The minimum Gasteiger partial charge on any atom is -0.444 e. The van der Waals surface area contributed by atoms with Crippen LogP contribution in [0.5, 0.6) is 0 Å². The number of carbonyl (C=O) groups is 2. The highest BCUT2D eigenvalue weighted by Crippen LogP contribution is 2.17. The van der Waals surface area contributed by atoms with Crippen molar-refractivity contribution < 1.29 is 14.0 Å². The van der Waals surface area contributed by atoms with Crippen LogP contribution >= 0.6 is 0 Å². The maximum Gasteiger partial charge on any atom is 0.246 e. The van der Waals surface area contributed by atoms with Crippen molar-refractivity contribution in [3.8, 4) is 0 Å². The predicted molar refractivity (Wildman–Crippen MR) is 68.1 cm³/mol. The van der Waals surface area contributed by atoms with Crippen molar-refractivity contribution >= 4 is 11.8 Å². The third-order valence-electron chi connectivity index (χ3n) is 3.33. The number of hydrogen-bond acceptors (Lipinski definition) is 4. The van der Waals surface area contributed by atoms with Crippen LogP contribution in [0.25, 0.3) is 0 Å². The minimum atomic E-state index is -0.490. The molecule has 1 N–H and O–H groups in total. The fourth-order valence-corrected chi connectivity index (χ4v) is 2.24. The van der Waals surface area contributed by atoms with Crippen LogP contribution in [0.2, 0.25) is 0 Å². The maximum atomic E-state index is 12.2. The van der Waals surface area contributed by atoms with E-state index >= 15 is 0 Å². The third-order valence-corrected chi connectivity index (χ3v) is 3.33. The number of rotatable bonds is 4. The molecule has 0 saturated carbocycles. The first-order valence-corrected chi connectivity index (χ1v) is 6.61. The van der Waals surface area contributed by atoms with E-state index in [1.807, 2.05) is 13.8 Å². The number of nitrogens with zero attached hydrogens (tertiary/aromatic N) is 2. The molecule has 0 bridgehead atoms. The fraction of sp³-hybridized carbons (Fsp3) is 0.615. The molecule has 0 aromatic carbocycles. The van der Waals surface area contributed by atoms with Crippen molar-refractivity contribution in [1.29, 1.82) is 0 Å². The van der Waals surface area contributed by atoms with E-state index in [4.69, 9.17) is 4.42 Å². The van der Waals surface area contributed by atoms with Gasteiger partial charge in [-0.3, -0.25) is 9.59 Å². The number of carbonyl (C=O) groups excluding carboxylic acids is 2. The molecular formula is C13H19N3O3. The van der Waals surface area contributed by atoms with Crippen LogP contribution in [0.3, 0.4) is 0 Å². The van der Waals surface area contributed by atoms with Crippen LogP contribution in [-0.2, 0) is 22.6 Å². The van der Waals surface area contributed by atoms with Gasteiger partial charge in [-0.15, -0.1) is 0 Å². The molecular weight excluding hydrogens is 246 g/mol. The summed E-state index contributed by atoms with van der Waals surface area (Å²) in [5.74, 6) is 1.05. The van der Waals surface area contributed by atoms with Crippen LogP contribution in [0.15, 0.2) is 10.6 Å². The van der Waals surface area contributed by atoms with Crippen molar-refractivity contribution in [3.63, 3.8) is 0 Å². The summed E-state index contributed by atoms with van der Waals surface area (Å²) in [6, 6.07) is -0.934. The highest BCUT2D eigenvalue weighted by Gasteiger charge is 2.38. The molecule has 6 nitrogen and oxygen atoms in total. The Balaban J connectivity index is 2.18. The lowest BCUT2D eigenvalue weighted by atomic mass is 10.1. The standard InChI is InChI=1S/C13H19N3O3/c1-4-9-6-14-11(19-9)7-16-10(5-2)12(17)15-8(3)13(16)18/h6,8,10H,4-5,7H2,1-3H3,(H,15,17). The Kier molecular flexibility index (Phi) is 3.87. The van der Waals surface area contributed by atoms with E-state index in [0.717, 1.165) is 12.2 Å². The first-order valence-electron chi connectivity index (χ1n) is 6.61. The Hall–Kier alpha value is -1.85. The SMILES string of the molecule is CCc1cnc(CN2C(=O)C(C)NC(=O)C2CC)o1. The average molecular weight is 265 g/mol. The lowest BCUT2D eigenvalue weighted by Crippen LogP contribution is -2.61. The van der Waals surface area contributed by atoms with Crippen LogP contribution in [0.1, 0.15) is 38.8 Å². The zero-order chi connectivity index (χ0) is 14.0. The van der Waals surface area contributed by atoms with Gasteiger partial charge in [0.1, 0.15) is 17.8 Å². The normalized spacial score (nSPS) is 23.6. The smallest absolute Gasteiger partial charge is 0.246 e. The first kappa shape index (κ1) is 13.6. The van der Waals surface area contributed by atoms with E-state index in [-0.39, 0.29) is 18.4 Å². The molecule has 2 heterocycles. The summed E-state index contributed by atoms with van der Waals surface area (Å²) in [5, 5.41) is 2.68. The van der Waals surface area contributed by atoms with Crippen LogP contribution in [-0.4, -0.2) is 33.8 Å². The van der Waals surface area contributed by atoms with Gasteiger partial charge in [-0.2, -0.15) is 0 Å². The zero-order valence-electron chi connectivity index (χ0n) is 11.5. The third kappa shape index (κ3) is 2.62. The van der Waals surface area contributed by atoms with Gasteiger partial charge in [0.25, 0.3) is 0 Å². The number of aryl methyl sites for hydroxylation is 1. The number of oxazole rings is 1. The van der Waals surface area contributed by atoms with Crippen molar-refractivity contribution in [1.82, 2.24) is 15.2 Å². The molecule has 1 aromatic rings. The molecule has 0 spiro atoms. The summed E-state index contributed by atoms with van der Waals surface area (Å²) in [4.78, 5) is 29.7. The topological polar surface area (TPSA) is 75.4 Å². The largest absolute Gasteiger partial charge is 0.444 e. The molecule has 1 aliphatic rings. The Labute approximate surface area is 112 Å².